The van der Waals surface area contributed by atoms with Gasteiger partial charge in [-0.05, 0) is 12.8 Å². The fourth-order valence-electron chi connectivity index (χ4n) is 6.24. The lowest BCUT2D eigenvalue weighted by atomic mass is 9.85. The molecule has 0 aromatic heterocycles. The Bertz CT molecular complexity index is 870. The summed E-state index contributed by atoms with van der Waals surface area (Å²) in [4.78, 5) is 23.2. The number of amides is 1. The van der Waals surface area contributed by atoms with Crippen molar-refractivity contribution in [2.45, 2.75) is 210 Å². The second-order valence-corrected chi connectivity index (χ2v) is 15.4. The molecule has 8 atom stereocenters. The Labute approximate surface area is 294 Å². The molecular weight excluding hydrogens is 657 g/mol. The normalized spacial score (nSPS) is 25.8. The molecule has 1 rings (SSSR count). The molecule has 0 radical (unpaired) electrons. The summed E-state index contributed by atoms with van der Waals surface area (Å²) in [6.07, 6.45) is 7.72. The molecule has 292 valence electrons. The number of unbranched alkanes of at least 4 members (excludes halogenated alkanes) is 17. The van der Waals surface area contributed by atoms with E-state index in [1.807, 2.05) is 0 Å². The molecule has 0 bridgehead atoms. The second kappa shape index (κ2) is 27.0. The Morgan fingerprint density at radius 3 is 1.47 bits per heavy atom. The first kappa shape index (κ1) is 46.3. The molecule has 0 aliphatic heterocycles. The van der Waals surface area contributed by atoms with E-state index in [2.05, 4.69) is 19.2 Å². The summed E-state index contributed by atoms with van der Waals surface area (Å²) in [7, 11) is -5.10. The van der Waals surface area contributed by atoms with Gasteiger partial charge in [-0.1, -0.05) is 136 Å². The summed E-state index contributed by atoms with van der Waals surface area (Å²) in [6.45, 7) is 3.69. The molecule has 1 saturated carbocycles. The van der Waals surface area contributed by atoms with Gasteiger partial charge in [0.2, 0.25) is 5.91 Å². The molecule has 0 aromatic carbocycles. The summed E-state index contributed by atoms with van der Waals surface area (Å²) >= 11 is 0. The van der Waals surface area contributed by atoms with E-state index < -0.39 is 75.2 Å². The first-order valence-corrected chi connectivity index (χ1v) is 20.6. The highest BCUT2D eigenvalue weighted by molar-refractivity contribution is 7.47. The Morgan fingerprint density at radius 2 is 1.02 bits per heavy atom. The van der Waals surface area contributed by atoms with Crippen LogP contribution in [0.3, 0.4) is 0 Å². The molecule has 1 aliphatic carbocycles. The van der Waals surface area contributed by atoms with Crippen molar-refractivity contribution in [3.63, 3.8) is 0 Å². The van der Waals surface area contributed by atoms with Gasteiger partial charge in [0.05, 0.1) is 31.3 Å². The molecule has 8 unspecified atom stereocenters. The second-order valence-electron chi connectivity index (χ2n) is 14.0. The van der Waals surface area contributed by atoms with E-state index in [9.17, 15) is 50.0 Å². The van der Waals surface area contributed by atoms with Crippen LogP contribution in [0.4, 0.5) is 0 Å². The quantitative estimate of drug-likeness (QED) is 0.0376. The van der Waals surface area contributed by atoms with Gasteiger partial charge in [0, 0.05) is 0 Å². The Kier molecular flexibility index (Phi) is 25.5. The Morgan fingerprint density at radius 1 is 0.633 bits per heavy atom. The predicted octanol–water partition coefficient (Wildman–Crippen LogP) is 4.14. The lowest BCUT2D eigenvalue weighted by Gasteiger charge is -2.41. The maximum Gasteiger partial charge on any atom is 0.472 e. The average molecular weight is 728 g/mol. The first-order valence-electron chi connectivity index (χ1n) is 19.1. The summed E-state index contributed by atoms with van der Waals surface area (Å²) in [5, 5.41) is 74.0. The topological polar surface area (TPSA) is 226 Å². The fourth-order valence-corrected chi connectivity index (χ4v) is 7.21. The predicted molar refractivity (Wildman–Crippen MR) is 188 cm³/mol. The van der Waals surface area contributed by atoms with Gasteiger partial charge in [-0.2, -0.15) is 0 Å². The number of hydrogen-bond acceptors (Lipinski definition) is 11. The highest BCUT2D eigenvalue weighted by Crippen LogP contribution is 2.47. The van der Waals surface area contributed by atoms with Crippen LogP contribution in [0.15, 0.2) is 0 Å². The van der Waals surface area contributed by atoms with Crippen LogP contribution < -0.4 is 5.32 Å². The molecule has 1 amide bonds. The molecule has 0 saturated heterocycles. The van der Waals surface area contributed by atoms with Crippen molar-refractivity contribution in [2.24, 2.45) is 0 Å². The number of carbonyl (C=O) groups excluding carboxylic acids is 1. The fraction of sp³-hybridized carbons (Fsp3) is 0.971. The molecular formula is C35H70NO12P. The van der Waals surface area contributed by atoms with E-state index in [1.165, 1.54) is 64.2 Å². The minimum Gasteiger partial charge on any atom is -0.393 e. The van der Waals surface area contributed by atoms with Crippen molar-refractivity contribution >= 4 is 13.7 Å². The zero-order chi connectivity index (χ0) is 36.7. The Hall–Kier alpha value is -0.700. The third kappa shape index (κ3) is 20.2. The molecule has 0 aromatic rings. The third-order valence-electron chi connectivity index (χ3n) is 9.47. The van der Waals surface area contributed by atoms with E-state index in [-0.39, 0.29) is 12.8 Å². The van der Waals surface area contributed by atoms with Crippen LogP contribution in [0.2, 0.25) is 0 Å². The molecule has 0 spiro atoms. The maximum absolute atomic E-state index is 12.8. The van der Waals surface area contributed by atoms with Crippen LogP contribution in [0.5, 0.6) is 0 Å². The summed E-state index contributed by atoms with van der Waals surface area (Å²) in [5.41, 5.74) is 0. The number of phosphoric ester groups is 1. The zero-order valence-electron chi connectivity index (χ0n) is 30.1. The monoisotopic (exact) mass is 727 g/mol. The van der Waals surface area contributed by atoms with Gasteiger partial charge < -0.3 is 46.0 Å². The van der Waals surface area contributed by atoms with Gasteiger partial charge in [-0.25, -0.2) is 4.57 Å². The van der Waals surface area contributed by atoms with Gasteiger partial charge in [0.1, 0.15) is 36.6 Å². The highest BCUT2D eigenvalue weighted by atomic mass is 31.2. The smallest absolute Gasteiger partial charge is 0.393 e. The van der Waals surface area contributed by atoms with Crippen LogP contribution >= 0.6 is 7.82 Å². The largest absolute Gasteiger partial charge is 0.472 e. The van der Waals surface area contributed by atoms with Gasteiger partial charge >= 0.3 is 7.82 Å². The van der Waals surface area contributed by atoms with E-state index in [0.29, 0.717) is 12.8 Å². The highest BCUT2D eigenvalue weighted by Gasteiger charge is 2.51. The molecule has 14 heteroatoms. The summed E-state index contributed by atoms with van der Waals surface area (Å²) in [6, 6.07) is -1.14. The summed E-state index contributed by atoms with van der Waals surface area (Å²) in [5.74, 6) is -0.565. The van der Waals surface area contributed by atoms with Gasteiger partial charge in [-0.15, -0.1) is 0 Å². The SMILES string of the molecule is CCCCCCCCCCCCCCC(O)C(COP(=O)(O)OC1C(O)C(O)C(O)C(O)C1O)NC(=O)CC(O)CCCCCCCCC. The molecule has 1 aliphatic rings. The molecule has 9 N–H and O–H groups in total. The van der Waals surface area contributed by atoms with Crippen molar-refractivity contribution < 1.29 is 59.0 Å². The summed E-state index contributed by atoms with van der Waals surface area (Å²) < 4.78 is 22.7. The number of aliphatic hydroxyl groups is 7. The Balaban J connectivity index is 2.65. The minimum atomic E-state index is -5.10. The lowest BCUT2D eigenvalue weighted by molar-refractivity contribution is -0.220. The van der Waals surface area contributed by atoms with Crippen molar-refractivity contribution in [3.05, 3.63) is 0 Å². The van der Waals surface area contributed by atoms with E-state index in [0.717, 1.165) is 51.4 Å². The standard InChI is InChI=1S/C35H70NO12P/c1-3-5-7-9-11-12-13-14-15-17-19-21-23-28(38)27(36-29(39)24-26(37)22-20-18-16-10-8-6-4-2)25-47-49(45,46)48-35-33(43)31(41)30(40)32(42)34(35)44/h26-28,30-35,37-38,40-44H,3-25H2,1-2H3,(H,36,39)(H,45,46). The molecule has 1 fully saturated rings. The average Bonchev–Trinajstić information content (AvgIpc) is 3.06. The lowest BCUT2D eigenvalue weighted by Crippen LogP contribution is -2.64. The van der Waals surface area contributed by atoms with Crippen LogP contribution in [-0.2, 0) is 18.4 Å². The maximum atomic E-state index is 12.8. The van der Waals surface area contributed by atoms with Crippen molar-refractivity contribution in [1.29, 1.82) is 0 Å². The van der Waals surface area contributed by atoms with Crippen molar-refractivity contribution in [3.8, 4) is 0 Å². The number of carbonyl (C=O) groups is 1. The molecule has 13 nitrogen and oxygen atoms in total. The van der Waals surface area contributed by atoms with E-state index in [1.54, 1.807) is 0 Å². The van der Waals surface area contributed by atoms with Crippen LogP contribution in [-0.4, -0.2) is 108 Å². The van der Waals surface area contributed by atoms with Gasteiger partial charge in [0.25, 0.3) is 0 Å². The third-order valence-corrected chi connectivity index (χ3v) is 10.5. The first-order chi connectivity index (χ1) is 23.3. The van der Waals surface area contributed by atoms with Gasteiger partial charge in [0.15, 0.2) is 0 Å². The number of aliphatic hydroxyl groups excluding tert-OH is 7. The number of nitrogens with one attached hydrogen (secondary N) is 1. The number of rotatable bonds is 30. The van der Waals surface area contributed by atoms with Crippen LogP contribution in [0, 0.1) is 0 Å². The van der Waals surface area contributed by atoms with Crippen molar-refractivity contribution in [2.75, 3.05) is 6.61 Å². The number of phosphoric acid groups is 1. The molecule has 0 heterocycles. The van der Waals surface area contributed by atoms with Gasteiger partial charge in [-0.3, -0.25) is 13.8 Å². The van der Waals surface area contributed by atoms with Crippen LogP contribution in [0.25, 0.3) is 0 Å². The van der Waals surface area contributed by atoms with Crippen molar-refractivity contribution in [1.82, 2.24) is 5.32 Å². The van der Waals surface area contributed by atoms with Crippen LogP contribution in [0.1, 0.15) is 155 Å². The zero-order valence-corrected chi connectivity index (χ0v) is 31.0. The molecule has 49 heavy (non-hydrogen) atoms. The van der Waals surface area contributed by atoms with E-state index in [4.69, 9.17) is 9.05 Å². The van der Waals surface area contributed by atoms with E-state index >= 15 is 0 Å². The minimum absolute atomic E-state index is 0.219. The number of hydrogen-bond donors (Lipinski definition) is 9.